The van der Waals surface area contributed by atoms with Crippen LogP contribution in [0.15, 0.2) is 41.9 Å². The van der Waals surface area contributed by atoms with Gasteiger partial charge in [0.1, 0.15) is 0 Å². The minimum absolute atomic E-state index is 1.09. The fraction of sp³-hybridized carbons (Fsp3) is 0. The molecular formula is C13H8N2S. The molecule has 0 aliphatic carbocycles. The highest BCUT2D eigenvalue weighted by Gasteiger charge is 2.08. The first-order chi connectivity index (χ1) is 7.93. The van der Waals surface area contributed by atoms with Crippen LogP contribution in [0.5, 0.6) is 0 Å². The quantitative estimate of drug-likeness (QED) is 0.481. The molecule has 0 unspecified atom stereocenters. The van der Waals surface area contributed by atoms with Crippen molar-refractivity contribution in [2.45, 2.75) is 0 Å². The standard InChI is InChI=1S/C13H8N2S/c1-2-4-9-8(3-1)12-10(15-9)5-6-11-13(12)16-7-14-11/h1-7,15H. The molecule has 2 nitrogen and oxygen atoms in total. The van der Waals surface area contributed by atoms with Gasteiger partial charge in [-0.2, -0.15) is 0 Å². The fourth-order valence-corrected chi connectivity index (χ4v) is 3.11. The first-order valence-corrected chi connectivity index (χ1v) is 6.04. The molecule has 0 aliphatic heterocycles. The molecule has 0 amide bonds. The van der Waals surface area contributed by atoms with E-state index in [9.17, 15) is 0 Å². The van der Waals surface area contributed by atoms with E-state index in [1.54, 1.807) is 11.3 Å². The number of para-hydroxylation sites is 1. The van der Waals surface area contributed by atoms with E-state index in [1.807, 2.05) is 5.51 Å². The second kappa shape index (κ2) is 2.83. The third-order valence-electron chi connectivity index (χ3n) is 2.96. The predicted molar refractivity (Wildman–Crippen MR) is 69.0 cm³/mol. The zero-order valence-electron chi connectivity index (χ0n) is 8.40. The SMILES string of the molecule is c1ccc2c(c1)[nH]c1ccc3ncsc3c12. The fourth-order valence-electron chi connectivity index (χ4n) is 2.26. The maximum atomic E-state index is 4.36. The number of nitrogens with zero attached hydrogens (tertiary/aromatic N) is 1. The van der Waals surface area contributed by atoms with Gasteiger partial charge in [-0.05, 0) is 18.2 Å². The molecule has 0 atom stereocenters. The summed E-state index contributed by atoms with van der Waals surface area (Å²) in [5.74, 6) is 0. The van der Waals surface area contributed by atoms with Crippen LogP contribution < -0.4 is 0 Å². The Morgan fingerprint density at radius 2 is 1.94 bits per heavy atom. The van der Waals surface area contributed by atoms with Gasteiger partial charge < -0.3 is 4.98 Å². The molecule has 4 aromatic rings. The van der Waals surface area contributed by atoms with Gasteiger partial charge in [-0.15, -0.1) is 11.3 Å². The molecule has 1 N–H and O–H groups in total. The van der Waals surface area contributed by atoms with E-state index >= 15 is 0 Å². The molecule has 2 heterocycles. The molecule has 3 heteroatoms. The van der Waals surface area contributed by atoms with Gasteiger partial charge in [0.2, 0.25) is 0 Å². The summed E-state index contributed by atoms with van der Waals surface area (Å²) in [5.41, 5.74) is 5.38. The van der Waals surface area contributed by atoms with E-state index in [0.29, 0.717) is 0 Å². The van der Waals surface area contributed by atoms with Crippen LogP contribution in [0.1, 0.15) is 0 Å². The molecule has 16 heavy (non-hydrogen) atoms. The van der Waals surface area contributed by atoms with Crippen molar-refractivity contribution in [1.29, 1.82) is 0 Å². The maximum absolute atomic E-state index is 4.36. The van der Waals surface area contributed by atoms with Crippen molar-refractivity contribution in [3.8, 4) is 0 Å². The van der Waals surface area contributed by atoms with Crippen molar-refractivity contribution >= 4 is 43.4 Å². The van der Waals surface area contributed by atoms with E-state index in [0.717, 1.165) is 5.52 Å². The smallest absolute Gasteiger partial charge is 0.0819 e. The Bertz CT molecular complexity index is 810. The average molecular weight is 224 g/mol. The number of aromatic nitrogens is 2. The zero-order valence-corrected chi connectivity index (χ0v) is 9.21. The molecular weight excluding hydrogens is 216 g/mol. The third-order valence-corrected chi connectivity index (χ3v) is 3.82. The number of rotatable bonds is 0. The van der Waals surface area contributed by atoms with Gasteiger partial charge in [0.05, 0.1) is 15.7 Å². The van der Waals surface area contributed by atoms with Crippen LogP contribution in [0.4, 0.5) is 0 Å². The third kappa shape index (κ3) is 0.933. The summed E-state index contributed by atoms with van der Waals surface area (Å²) >= 11 is 1.71. The van der Waals surface area contributed by atoms with Crippen LogP contribution in [-0.4, -0.2) is 9.97 Å². The van der Waals surface area contributed by atoms with E-state index in [2.05, 4.69) is 46.4 Å². The molecule has 2 aromatic heterocycles. The molecule has 2 aromatic carbocycles. The van der Waals surface area contributed by atoms with Crippen molar-refractivity contribution in [2.24, 2.45) is 0 Å². The lowest BCUT2D eigenvalue weighted by Gasteiger charge is -1.92. The topological polar surface area (TPSA) is 28.7 Å². The van der Waals surface area contributed by atoms with Gasteiger partial charge >= 0.3 is 0 Å². The van der Waals surface area contributed by atoms with Gasteiger partial charge in [-0.3, -0.25) is 0 Å². The van der Waals surface area contributed by atoms with Gasteiger partial charge in [0, 0.05) is 21.8 Å². The average Bonchev–Trinajstić information content (AvgIpc) is 2.91. The number of hydrogen-bond acceptors (Lipinski definition) is 2. The summed E-state index contributed by atoms with van der Waals surface area (Å²) in [7, 11) is 0. The van der Waals surface area contributed by atoms with Gasteiger partial charge in [-0.25, -0.2) is 4.98 Å². The largest absolute Gasteiger partial charge is 0.354 e. The summed E-state index contributed by atoms with van der Waals surface area (Å²) in [6.07, 6.45) is 0. The number of H-pyrrole nitrogens is 1. The van der Waals surface area contributed by atoms with Crippen LogP contribution in [0.25, 0.3) is 32.0 Å². The molecule has 0 bridgehead atoms. The van der Waals surface area contributed by atoms with E-state index < -0.39 is 0 Å². The Labute approximate surface area is 95.5 Å². The number of thiazole rings is 1. The summed E-state index contributed by atoms with van der Waals surface area (Å²) in [4.78, 5) is 7.80. The van der Waals surface area contributed by atoms with Crippen molar-refractivity contribution in [2.75, 3.05) is 0 Å². The van der Waals surface area contributed by atoms with Gasteiger partial charge in [0.15, 0.2) is 0 Å². The second-order valence-electron chi connectivity index (χ2n) is 3.86. The Morgan fingerprint density at radius 1 is 1.00 bits per heavy atom. The summed E-state index contributed by atoms with van der Waals surface area (Å²) < 4.78 is 1.27. The molecule has 0 saturated heterocycles. The maximum Gasteiger partial charge on any atom is 0.0819 e. The summed E-state index contributed by atoms with van der Waals surface area (Å²) in [6.45, 7) is 0. The van der Waals surface area contributed by atoms with Crippen LogP contribution in [0, 0.1) is 0 Å². The van der Waals surface area contributed by atoms with Crippen molar-refractivity contribution in [3.63, 3.8) is 0 Å². The van der Waals surface area contributed by atoms with Gasteiger partial charge in [0.25, 0.3) is 0 Å². The number of fused-ring (bicyclic) bond motifs is 5. The van der Waals surface area contributed by atoms with Crippen molar-refractivity contribution in [1.82, 2.24) is 9.97 Å². The molecule has 0 radical (unpaired) electrons. The summed E-state index contributed by atoms with van der Waals surface area (Å²) in [6, 6.07) is 12.6. The molecule has 0 fully saturated rings. The second-order valence-corrected chi connectivity index (χ2v) is 4.71. The Kier molecular flexibility index (Phi) is 1.47. The highest BCUT2D eigenvalue weighted by molar-refractivity contribution is 7.17. The number of nitrogens with one attached hydrogen (secondary N) is 1. The Hall–Kier alpha value is -1.87. The Morgan fingerprint density at radius 3 is 2.94 bits per heavy atom. The Balaban J connectivity index is 2.42. The summed E-state index contributed by atoms with van der Waals surface area (Å²) in [5, 5.41) is 2.59. The molecule has 4 rings (SSSR count). The van der Waals surface area contributed by atoms with Crippen LogP contribution in [0.3, 0.4) is 0 Å². The van der Waals surface area contributed by atoms with Crippen molar-refractivity contribution < 1.29 is 0 Å². The zero-order chi connectivity index (χ0) is 10.5. The molecule has 0 saturated carbocycles. The lowest BCUT2D eigenvalue weighted by Crippen LogP contribution is -1.69. The highest BCUT2D eigenvalue weighted by Crippen LogP contribution is 2.33. The number of aromatic amines is 1. The van der Waals surface area contributed by atoms with Crippen molar-refractivity contribution in [3.05, 3.63) is 41.9 Å². The van der Waals surface area contributed by atoms with E-state index in [-0.39, 0.29) is 0 Å². The monoisotopic (exact) mass is 224 g/mol. The highest BCUT2D eigenvalue weighted by atomic mass is 32.1. The normalized spacial score (nSPS) is 11.8. The van der Waals surface area contributed by atoms with Crippen LogP contribution >= 0.6 is 11.3 Å². The lowest BCUT2D eigenvalue weighted by atomic mass is 10.1. The number of benzene rings is 2. The predicted octanol–water partition coefficient (Wildman–Crippen LogP) is 3.93. The van der Waals surface area contributed by atoms with Crippen LogP contribution in [-0.2, 0) is 0 Å². The first-order valence-electron chi connectivity index (χ1n) is 5.16. The van der Waals surface area contributed by atoms with E-state index in [4.69, 9.17) is 0 Å². The number of hydrogen-bond donors (Lipinski definition) is 1. The van der Waals surface area contributed by atoms with Crippen LogP contribution in [0.2, 0.25) is 0 Å². The minimum Gasteiger partial charge on any atom is -0.354 e. The molecule has 76 valence electrons. The van der Waals surface area contributed by atoms with E-state index in [1.165, 1.54) is 26.5 Å². The lowest BCUT2D eigenvalue weighted by molar-refractivity contribution is 1.50. The molecule has 0 aliphatic rings. The van der Waals surface area contributed by atoms with Gasteiger partial charge in [-0.1, -0.05) is 18.2 Å². The minimum atomic E-state index is 1.09. The first kappa shape index (κ1) is 8.30. The molecule has 0 spiro atoms.